The first-order valence-corrected chi connectivity index (χ1v) is 12.8. The minimum atomic E-state index is 0.250. The lowest BCUT2D eigenvalue weighted by Crippen LogP contribution is -2.54. The van der Waals surface area contributed by atoms with Gasteiger partial charge in [0, 0.05) is 94.1 Å². The predicted octanol–water partition coefficient (Wildman–Crippen LogP) is 3.17. The van der Waals surface area contributed by atoms with E-state index in [0.717, 1.165) is 81.9 Å². The van der Waals surface area contributed by atoms with Gasteiger partial charge in [0.05, 0.1) is 6.54 Å². The van der Waals surface area contributed by atoms with Gasteiger partial charge in [-0.15, -0.1) is 0 Å². The van der Waals surface area contributed by atoms with Gasteiger partial charge in [0.15, 0.2) is 0 Å². The monoisotopic (exact) mass is 492 g/mol. The summed E-state index contributed by atoms with van der Waals surface area (Å²) in [6.45, 7) is 9.56. The van der Waals surface area contributed by atoms with Crippen molar-refractivity contribution < 1.29 is 4.79 Å². The van der Waals surface area contributed by atoms with Crippen molar-refractivity contribution in [1.29, 1.82) is 0 Å². The van der Waals surface area contributed by atoms with Gasteiger partial charge in [-0.2, -0.15) is 0 Å². The lowest BCUT2D eigenvalue weighted by molar-refractivity contribution is -0.133. The van der Waals surface area contributed by atoms with Crippen LogP contribution < -0.4 is 4.90 Å². The molecule has 0 unspecified atom stereocenters. The third-order valence-electron chi connectivity index (χ3n) is 7.05. The first-order chi connectivity index (χ1) is 17.2. The molecule has 1 amide bonds. The Balaban J connectivity index is 1.03. The number of piperazine rings is 2. The van der Waals surface area contributed by atoms with E-state index in [1.807, 2.05) is 29.3 Å². The fourth-order valence-corrected chi connectivity index (χ4v) is 5.04. The molecule has 0 bridgehead atoms. The van der Waals surface area contributed by atoms with Crippen molar-refractivity contribution in [2.75, 3.05) is 70.3 Å². The van der Waals surface area contributed by atoms with Gasteiger partial charge in [0.25, 0.3) is 0 Å². The summed E-state index contributed by atoms with van der Waals surface area (Å²) in [7, 11) is 0. The molecule has 0 atom stereocenters. The average molecular weight is 493 g/mol. The SMILES string of the molecule is O=C(CN1CCN(CCn2ccnc2-c2ccccc2)CC1)N1CCN(c2ccc(Cl)cc2)CC1. The molecule has 0 N–H and O–H groups in total. The van der Waals surface area contributed by atoms with Crippen LogP contribution in [0.15, 0.2) is 67.0 Å². The van der Waals surface area contributed by atoms with E-state index in [-0.39, 0.29) is 5.91 Å². The quantitative estimate of drug-likeness (QED) is 0.507. The zero-order chi connectivity index (χ0) is 24.0. The second-order valence-corrected chi connectivity index (χ2v) is 9.71. The molecule has 2 aromatic carbocycles. The molecule has 5 rings (SSSR count). The third kappa shape index (κ3) is 6.04. The van der Waals surface area contributed by atoms with E-state index < -0.39 is 0 Å². The Morgan fingerprint density at radius 1 is 0.800 bits per heavy atom. The number of amides is 1. The third-order valence-corrected chi connectivity index (χ3v) is 7.30. The van der Waals surface area contributed by atoms with E-state index in [2.05, 4.69) is 66.8 Å². The van der Waals surface area contributed by atoms with Gasteiger partial charge in [0.1, 0.15) is 5.82 Å². The molecule has 2 fully saturated rings. The highest BCUT2D eigenvalue weighted by Crippen LogP contribution is 2.20. The summed E-state index contributed by atoms with van der Waals surface area (Å²) in [5.74, 6) is 1.27. The first-order valence-electron chi connectivity index (χ1n) is 12.5. The Labute approximate surface area is 212 Å². The second kappa shape index (κ2) is 11.2. The van der Waals surface area contributed by atoms with Crippen molar-refractivity contribution in [2.24, 2.45) is 0 Å². The molecular weight excluding hydrogens is 460 g/mol. The van der Waals surface area contributed by atoms with Crippen molar-refractivity contribution in [3.63, 3.8) is 0 Å². The van der Waals surface area contributed by atoms with Crippen LogP contribution in [0.5, 0.6) is 0 Å². The Kier molecular flexibility index (Phi) is 7.66. The van der Waals surface area contributed by atoms with Crippen molar-refractivity contribution >= 4 is 23.2 Å². The van der Waals surface area contributed by atoms with Crippen LogP contribution in [0, 0.1) is 0 Å². The van der Waals surface area contributed by atoms with Crippen LogP contribution in [-0.4, -0.2) is 95.6 Å². The van der Waals surface area contributed by atoms with Gasteiger partial charge < -0.3 is 14.4 Å². The van der Waals surface area contributed by atoms with Crippen LogP contribution in [0.3, 0.4) is 0 Å². The smallest absolute Gasteiger partial charge is 0.236 e. The molecule has 0 saturated carbocycles. The Hall–Kier alpha value is -2.87. The minimum absolute atomic E-state index is 0.250. The van der Waals surface area contributed by atoms with E-state index in [0.29, 0.717) is 6.54 Å². The number of hydrogen-bond acceptors (Lipinski definition) is 5. The van der Waals surface area contributed by atoms with Crippen LogP contribution in [0.2, 0.25) is 5.02 Å². The van der Waals surface area contributed by atoms with E-state index in [9.17, 15) is 4.79 Å². The highest BCUT2D eigenvalue weighted by molar-refractivity contribution is 6.30. The van der Waals surface area contributed by atoms with E-state index in [1.165, 1.54) is 5.69 Å². The summed E-state index contributed by atoms with van der Waals surface area (Å²) in [6.07, 6.45) is 3.94. The molecule has 3 aromatic rings. The molecular formula is C27H33ClN6O. The normalized spacial score (nSPS) is 17.6. The van der Waals surface area contributed by atoms with Gasteiger partial charge in [-0.1, -0.05) is 41.9 Å². The minimum Gasteiger partial charge on any atom is -0.368 e. The number of halogens is 1. The largest absolute Gasteiger partial charge is 0.368 e. The molecule has 2 aliphatic rings. The number of imidazole rings is 1. The Morgan fingerprint density at radius 3 is 2.20 bits per heavy atom. The Morgan fingerprint density at radius 2 is 1.49 bits per heavy atom. The van der Waals surface area contributed by atoms with Crippen LogP contribution in [-0.2, 0) is 11.3 Å². The molecule has 184 valence electrons. The number of carbonyl (C=O) groups excluding carboxylic acids is 1. The fourth-order valence-electron chi connectivity index (χ4n) is 4.91. The fraction of sp³-hybridized carbons (Fsp3) is 0.407. The molecule has 0 spiro atoms. The summed E-state index contributed by atoms with van der Waals surface area (Å²) in [6, 6.07) is 18.3. The standard InChI is InChI=1S/C27H33ClN6O/c28-24-6-8-25(9-7-24)32-18-20-33(21-19-32)26(35)22-31-14-12-30(13-15-31)16-17-34-11-10-29-27(34)23-4-2-1-3-5-23/h1-11H,12-22H2. The number of hydrogen-bond donors (Lipinski definition) is 0. The van der Waals surface area contributed by atoms with Crippen molar-refractivity contribution in [2.45, 2.75) is 6.54 Å². The number of carbonyl (C=O) groups is 1. The van der Waals surface area contributed by atoms with Crippen LogP contribution in [0.4, 0.5) is 5.69 Å². The van der Waals surface area contributed by atoms with Gasteiger partial charge in [-0.3, -0.25) is 14.6 Å². The maximum atomic E-state index is 12.9. The van der Waals surface area contributed by atoms with Crippen LogP contribution in [0.25, 0.3) is 11.4 Å². The van der Waals surface area contributed by atoms with Gasteiger partial charge in [0.2, 0.25) is 5.91 Å². The summed E-state index contributed by atoms with van der Waals surface area (Å²) in [5.41, 5.74) is 2.32. The van der Waals surface area contributed by atoms with E-state index in [1.54, 1.807) is 0 Å². The molecule has 2 aliphatic heterocycles. The molecule has 3 heterocycles. The molecule has 8 heteroatoms. The highest BCUT2D eigenvalue weighted by atomic mass is 35.5. The number of anilines is 1. The lowest BCUT2D eigenvalue weighted by Gasteiger charge is -2.38. The average Bonchev–Trinajstić information content (AvgIpc) is 3.38. The molecule has 0 aliphatic carbocycles. The summed E-state index contributed by atoms with van der Waals surface area (Å²) in [5, 5.41) is 0.751. The van der Waals surface area contributed by atoms with Crippen molar-refractivity contribution in [1.82, 2.24) is 24.3 Å². The molecule has 1 aromatic heterocycles. The Bertz CT molecular complexity index is 1090. The molecule has 2 saturated heterocycles. The van der Waals surface area contributed by atoms with Crippen molar-refractivity contribution in [3.05, 3.63) is 72.0 Å². The summed E-state index contributed by atoms with van der Waals surface area (Å²) >= 11 is 6.00. The van der Waals surface area contributed by atoms with Gasteiger partial charge >= 0.3 is 0 Å². The maximum Gasteiger partial charge on any atom is 0.236 e. The molecule has 0 radical (unpaired) electrons. The molecule has 7 nitrogen and oxygen atoms in total. The maximum absolute atomic E-state index is 12.9. The summed E-state index contributed by atoms with van der Waals surface area (Å²) in [4.78, 5) is 26.6. The number of aromatic nitrogens is 2. The first kappa shape index (κ1) is 23.9. The zero-order valence-corrected chi connectivity index (χ0v) is 20.9. The number of benzene rings is 2. The number of nitrogens with zero attached hydrogens (tertiary/aromatic N) is 6. The van der Waals surface area contributed by atoms with Crippen LogP contribution >= 0.6 is 11.6 Å². The van der Waals surface area contributed by atoms with Crippen LogP contribution in [0.1, 0.15) is 0 Å². The summed E-state index contributed by atoms with van der Waals surface area (Å²) < 4.78 is 2.23. The molecule has 35 heavy (non-hydrogen) atoms. The topological polar surface area (TPSA) is 47.9 Å². The number of rotatable bonds is 7. The van der Waals surface area contributed by atoms with E-state index >= 15 is 0 Å². The van der Waals surface area contributed by atoms with Crippen molar-refractivity contribution in [3.8, 4) is 11.4 Å². The van der Waals surface area contributed by atoms with E-state index in [4.69, 9.17) is 11.6 Å². The highest BCUT2D eigenvalue weighted by Gasteiger charge is 2.25. The second-order valence-electron chi connectivity index (χ2n) is 9.27. The lowest BCUT2D eigenvalue weighted by atomic mass is 10.2. The van der Waals surface area contributed by atoms with Gasteiger partial charge in [-0.25, -0.2) is 4.98 Å². The van der Waals surface area contributed by atoms with Gasteiger partial charge in [-0.05, 0) is 24.3 Å². The zero-order valence-electron chi connectivity index (χ0n) is 20.1. The predicted molar refractivity (Wildman–Crippen MR) is 141 cm³/mol.